The lowest BCUT2D eigenvalue weighted by molar-refractivity contribution is -0.123. The van der Waals surface area contributed by atoms with Crippen molar-refractivity contribution in [1.29, 1.82) is 0 Å². The summed E-state index contributed by atoms with van der Waals surface area (Å²) in [4.78, 5) is 11.8. The first-order valence-electron chi connectivity index (χ1n) is 6.22. The molecule has 0 saturated heterocycles. The van der Waals surface area contributed by atoms with E-state index in [0.29, 0.717) is 6.54 Å². The van der Waals surface area contributed by atoms with Crippen LogP contribution in [0.5, 0.6) is 0 Å². The van der Waals surface area contributed by atoms with E-state index in [-0.39, 0.29) is 18.2 Å². The largest absolute Gasteiger partial charge is 0.348 e. The SMILES string of the molecule is CCC(CC)(CN)NC(=O)CN(C)S(=O)(=O)CC. The molecule has 3 N–H and O–H groups in total. The summed E-state index contributed by atoms with van der Waals surface area (Å²) in [5, 5.41) is 2.84. The summed E-state index contributed by atoms with van der Waals surface area (Å²) in [6.07, 6.45) is 1.44. The van der Waals surface area contributed by atoms with Crippen molar-refractivity contribution in [3.05, 3.63) is 0 Å². The van der Waals surface area contributed by atoms with E-state index in [1.165, 1.54) is 7.05 Å². The fraction of sp³-hybridized carbons (Fsp3) is 0.909. The molecule has 0 heterocycles. The van der Waals surface area contributed by atoms with Gasteiger partial charge in [-0.05, 0) is 19.8 Å². The number of sulfonamides is 1. The zero-order chi connectivity index (χ0) is 14.4. The Kier molecular flexibility index (Phi) is 6.80. The Balaban J connectivity index is 4.61. The van der Waals surface area contributed by atoms with Crippen LogP contribution in [0.3, 0.4) is 0 Å². The van der Waals surface area contributed by atoms with E-state index < -0.39 is 15.6 Å². The number of amides is 1. The number of nitrogens with two attached hydrogens (primary N) is 1. The molecule has 7 heteroatoms. The highest BCUT2D eigenvalue weighted by Crippen LogP contribution is 2.13. The topological polar surface area (TPSA) is 92.5 Å². The molecular weight excluding hydrogens is 254 g/mol. The number of nitrogens with zero attached hydrogens (tertiary/aromatic N) is 1. The lowest BCUT2D eigenvalue weighted by atomic mass is 9.93. The Morgan fingerprint density at radius 2 is 1.78 bits per heavy atom. The average Bonchev–Trinajstić information content (AvgIpc) is 2.36. The highest BCUT2D eigenvalue weighted by Gasteiger charge is 2.27. The fourth-order valence-corrected chi connectivity index (χ4v) is 2.38. The zero-order valence-corrected chi connectivity index (χ0v) is 12.5. The number of carbonyl (C=O) groups is 1. The van der Waals surface area contributed by atoms with Crippen LogP contribution >= 0.6 is 0 Å². The van der Waals surface area contributed by atoms with Gasteiger partial charge in [0.1, 0.15) is 0 Å². The molecule has 0 aliphatic rings. The molecule has 0 fully saturated rings. The van der Waals surface area contributed by atoms with E-state index in [1.54, 1.807) is 6.92 Å². The van der Waals surface area contributed by atoms with Crippen molar-refractivity contribution in [3.8, 4) is 0 Å². The number of hydrogen-bond acceptors (Lipinski definition) is 4. The standard InChI is InChI=1S/C11H25N3O3S/c1-5-11(6-2,9-12)13-10(15)8-14(4)18(16,17)7-3/h5-9,12H2,1-4H3,(H,13,15). The molecule has 0 rings (SSSR count). The summed E-state index contributed by atoms with van der Waals surface area (Å²) in [5.41, 5.74) is 5.24. The molecule has 0 aromatic rings. The van der Waals surface area contributed by atoms with Gasteiger partial charge in [-0.25, -0.2) is 8.42 Å². The van der Waals surface area contributed by atoms with Gasteiger partial charge in [0, 0.05) is 13.6 Å². The van der Waals surface area contributed by atoms with Crippen molar-refractivity contribution in [2.45, 2.75) is 39.2 Å². The monoisotopic (exact) mass is 279 g/mol. The minimum Gasteiger partial charge on any atom is -0.348 e. The molecule has 0 aromatic heterocycles. The zero-order valence-electron chi connectivity index (χ0n) is 11.7. The van der Waals surface area contributed by atoms with Gasteiger partial charge >= 0.3 is 0 Å². The van der Waals surface area contributed by atoms with Gasteiger partial charge in [-0.1, -0.05) is 13.8 Å². The first-order chi connectivity index (χ1) is 8.26. The van der Waals surface area contributed by atoms with Crippen LogP contribution in [-0.4, -0.2) is 50.1 Å². The van der Waals surface area contributed by atoms with Crippen molar-refractivity contribution in [2.24, 2.45) is 5.73 Å². The minimum atomic E-state index is -3.33. The van der Waals surface area contributed by atoms with Crippen LogP contribution in [0.15, 0.2) is 0 Å². The summed E-state index contributed by atoms with van der Waals surface area (Å²) in [5.74, 6) is -0.330. The van der Waals surface area contributed by atoms with Gasteiger partial charge in [0.15, 0.2) is 0 Å². The average molecular weight is 279 g/mol. The second kappa shape index (κ2) is 7.06. The van der Waals surface area contributed by atoms with E-state index in [1.807, 2.05) is 13.8 Å². The van der Waals surface area contributed by atoms with Gasteiger partial charge in [0.2, 0.25) is 15.9 Å². The van der Waals surface area contributed by atoms with E-state index in [9.17, 15) is 13.2 Å². The van der Waals surface area contributed by atoms with Gasteiger partial charge in [0.25, 0.3) is 0 Å². The Bertz CT molecular complexity index is 355. The maximum Gasteiger partial charge on any atom is 0.235 e. The molecular formula is C11H25N3O3S. The van der Waals surface area contributed by atoms with Gasteiger partial charge in [0.05, 0.1) is 17.8 Å². The fourth-order valence-electron chi connectivity index (χ4n) is 1.62. The van der Waals surface area contributed by atoms with Crippen molar-refractivity contribution in [2.75, 3.05) is 25.9 Å². The molecule has 1 amide bonds. The van der Waals surface area contributed by atoms with E-state index in [0.717, 1.165) is 17.1 Å². The van der Waals surface area contributed by atoms with Crippen LogP contribution in [0, 0.1) is 0 Å². The molecule has 0 aromatic carbocycles. The summed E-state index contributed by atoms with van der Waals surface area (Å²) in [6.45, 7) is 5.62. The summed E-state index contributed by atoms with van der Waals surface area (Å²) >= 11 is 0. The number of rotatable bonds is 8. The molecule has 0 bridgehead atoms. The lowest BCUT2D eigenvalue weighted by Crippen LogP contribution is -2.55. The predicted octanol–water partition coefficient (Wildman–Crippen LogP) is -0.0984. The van der Waals surface area contributed by atoms with Gasteiger partial charge in [-0.15, -0.1) is 0 Å². The molecule has 18 heavy (non-hydrogen) atoms. The molecule has 0 spiro atoms. The van der Waals surface area contributed by atoms with Crippen LogP contribution < -0.4 is 11.1 Å². The first-order valence-corrected chi connectivity index (χ1v) is 7.83. The second-order valence-corrected chi connectivity index (χ2v) is 6.76. The van der Waals surface area contributed by atoms with Crippen LogP contribution in [0.2, 0.25) is 0 Å². The third-order valence-electron chi connectivity index (χ3n) is 3.35. The third kappa shape index (κ3) is 4.55. The number of likely N-dealkylation sites (N-methyl/N-ethyl adjacent to an activating group) is 1. The van der Waals surface area contributed by atoms with Crippen molar-refractivity contribution < 1.29 is 13.2 Å². The van der Waals surface area contributed by atoms with Crippen molar-refractivity contribution in [1.82, 2.24) is 9.62 Å². The maximum atomic E-state index is 11.8. The van der Waals surface area contributed by atoms with Crippen LogP contribution in [0.4, 0.5) is 0 Å². The van der Waals surface area contributed by atoms with Crippen molar-refractivity contribution >= 4 is 15.9 Å². The molecule has 0 atom stereocenters. The molecule has 0 unspecified atom stereocenters. The Morgan fingerprint density at radius 1 is 1.28 bits per heavy atom. The number of nitrogens with one attached hydrogen (secondary N) is 1. The summed E-state index contributed by atoms with van der Waals surface area (Å²) < 4.78 is 24.1. The molecule has 108 valence electrons. The normalized spacial score (nSPS) is 12.8. The first kappa shape index (κ1) is 17.3. The second-order valence-electron chi connectivity index (χ2n) is 4.40. The summed E-state index contributed by atoms with van der Waals surface area (Å²) in [7, 11) is -1.92. The third-order valence-corrected chi connectivity index (χ3v) is 5.16. The molecule has 0 saturated carbocycles. The van der Waals surface area contributed by atoms with Crippen LogP contribution in [0.25, 0.3) is 0 Å². The van der Waals surface area contributed by atoms with E-state index in [2.05, 4.69) is 5.32 Å². The van der Waals surface area contributed by atoms with Gasteiger partial charge < -0.3 is 11.1 Å². The minimum absolute atomic E-state index is 0.0135. The highest BCUT2D eigenvalue weighted by atomic mass is 32.2. The predicted molar refractivity (Wildman–Crippen MR) is 72.6 cm³/mol. The van der Waals surface area contributed by atoms with Gasteiger partial charge in [-0.3, -0.25) is 4.79 Å². The Hall–Kier alpha value is -0.660. The maximum absolute atomic E-state index is 11.8. The Labute approximate surface area is 110 Å². The number of hydrogen-bond donors (Lipinski definition) is 2. The molecule has 6 nitrogen and oxygen atoms in total. The van der Waals surface area contributed by atoms with Gasteiger partial charge in [-0.2, -0.15) is 4.31 Å². The van der Waals surface area contributed by atoms with E-state index >= 15 is 0 Å². The number of carbonyl (C=O) groups excluding carboxylic acids is 1. The summed E-state index contributed by atoms with van der Waals surface area (Å²) in [6, 6.07) is 0. The molecule has 0 aliphatic heterocycles. The Morgan fingerprint density at radius 3 is 2.11 bits per heavy atom. The smallest absolute Gasteiger partial charge is 0.235 e. The van der Waals surface area contributed by atoms with Crippen LogP contribution in [-0.2, 0) is 14.8 Å². The molecule has 0 aliphatic carbocycles. The molecule has 0 radical (unpaired) electrons. The lowest BCUT2D eigenvalue weighted by Gasteiger charge is -2.32. The highest BCUT2D eigenvalue weighted by molar-refractivity contribution is 7.89. The quantitative estimate of drug-likeness (QED) is 0.649. The van der Waals surface area contributed by atoms with Crippen LogP contribution in [0.1, 0.15) is 33.6 Å². The van der Waals surface area contributed by atoms with E-state index in [4.69, 9.17) is 5.73 Å². The van der Waals surface area contributed by atoms with Crippen molar-refractivity contribution in [3.63, 3.8) is 0 Å².